The number of ether oxygens (including phenoxy) is 1. The number of hydrogen-bond donors (Lipinski definition) is 0. The second-order valence-corrected chi connectivity index (χ2v) is 3.77. The zero-order valence-corrected chi connectivity index (χ0v) is 9.58. The summed E-state index contributed by atoms with van der Waals surface area (Å²) in [7, 11) is 0. The van der Waals surface area contributed by atoms with Crippen molar-refractivity contribution < 1.29 is 13.5 Å². The van der Waals surface area contributed by atoms with Gasteiger partial charge in [0, 0.05) is 0 Å². The molecule has 0 fully saturated rings. The normalized spacial score (nSPS) is 9.89. The van der Waals surface area contributed by atoms with Gasteiger partial charge >= 0.3 is 0 Å². The Hall–Kier alpha value is -2.41. The molecule has 0 spiro atoms. The lowest BCUT2D eigenvalue weighted by Crippen LogP contribution is -1.91. The lowest BCUT2D eigenvalue weighted by atomic mass is 10.2. The highest BCUT2D eigenvalue weighted by atomic mass is 19.1. The highest BCUT2D eigenvalue weighted by Gasteiger charge is 2.07. The average Bonchev–Trinajstić information content (AvgIpc) is 2.36. The van der Waals surface area contributed by atoms with Gasteiger partial charge in [-0.3, -0.25) is 0 Å². The predicted octanol–water partition coefficient (Wildman–Crippen LogP) is 3.94. The number of hydrogen-bond acceptors (Lipinski definition) is 2. The van der Waals surface area contributed by atoms with Crippen molar-refractivity contribution in [3.05, 3.63) is 59.2 Å². The SMILES string of the molecule is Cc1cc(Oc2ccc(F)cc2C#N)ccc1F. The molecule has 2 aromatic carbocycles. The zero-order chi connectivity index (χ0) is 13.1. The Morgan fingerprint density at radius 3 is 2.56 bits per heavy atom. The molecule has 90 valence electrons. The van der Waals surface area contributed by atoms with Crippen LogP contribution in [0.25, 0.3) is 0 Å². The first-order chi connectivity index (χ1) is 8.60. The standard InChI is InChI=1S/C14H9F2NO/c1-9-6-12(3-4-13(9)16)18-14-5-2-11(15)7-10(14)8-17/h2-7H,1H3. The molecule has 18 heavy (non-hydrogen) atoms. The van der Waals surface area contributed by atoms with Crippen molar-refractivity contribution in [3.63, 3.8) is 0 Å². The van der Waals surface area contributed by atoms with Gasteiger partial charge in [0.1, 0.15) is 29.2 Å². The molecular formula is C14H9F2NO. The van der Waals surface area contributed by atoms with E-state index in [0.29, 0.717) is 11.3 Å². The lowest BCUT2D eigenvalue weighted by molar-refractivity contribution is 0.476. The molecule has 0 aliphatic carbocycles. The number of nitrogens with zero attached hydrogens (tertiary/aromatic N) is 1. The molecule has 0 amide bonds. The molecule has 2 nitrogen and oxygen atoms in total. The maximum atomic E-state index is 13.1. The van der Waals surface area contributed by atoms with Crippen LogP contribution in [0, 0.1) is 29.9 Å². The van der Waals surface area contributed by atoms with Crippen molar-refractivity contribution in [1.82, 2.24) is 0 Å². The first kappa shape index (κ1) is 12.1. The van der Waals surface area contributed by atoms with Crippen LogP contribution in [0.15, 0.2) is 36.4 Å². The lowest BCUT2D eigenvalue weighted by Gasteiger charge is -2.08. The molecule has 2 rings (SSSR count). The number of aryl methyl sites for hydroxylation is 1. The van der Waals surface area contributed by atoms with Crippen molar-refractivity contribution >= 4 is 0 Å². The summed E-state index contributed by atoms with van der Waals surface area (Å²) in [5.74, 6) is -0.196. The van der Waals surface area contributed by atoms with Crippen molar-refractivity contribution in [2.75, 3.05) is 0 Å². The van der Waals surface area contributed by atoms with Gasteiger partial charge < -0.3 is 4.74 Å². The second kappa shape index (κ2) is 4.84. The number of benzene rings is 2. The van der Waals surface area contributed by atoms with Gasteiger partial charge in [-0.25, -0.2) is 8.78 Å². The fraction of sp³-hybridized carbons (Fsp3) is 0.0714. The molecule has 0 atom stereocenters. The van der Waals surface area contributed by atoms with E-state index < -0.39 is 5.82 Å². The van der Waals surface area contributed by atoms with Gasteiger partial charge in [0.2, 0.25) is 0 Å². The van der Waals surface area contributed by atoms with Crippen molar-refractivity contribution in [3.8, 4) is 17.6 Å². The fourth-order valence-corrected chi connectivity index (χ4v) is 1.49. The minimum atomic E-state index is -0.505. The molecule has 0 saturated heterocycles. The second-order valence-electron chi connectivity index (χ2n) is 3.77. The van der Waals surface area contributed by atoms with Crippen LogP contribution in [0.5, 0.6) is 11.5 Å². The van der Waals surface area contributed by atoms with E-state index in [2.05, 4.69) is 0 Å². The van der Waals surface area contributed by atoms with Crippen LogP contribution in [0.3, 0.4) is 0 Å². The summed E-state index contributed by atoms with van der Waals surface area (Å²) in [5.41, 5.74) is 0.532. The van der Waals surface area contributed by atoms with Gasteiger partial charge in [-0.2, -0.15) is 5.26 Å². The van der Waals surface area contributed by atoms with E-state index in [0.717, 1.165) is 6.07 Å². The van der Waals surface area contributed by atoms with E-state index >= 15 is 0 Å². The molecule has 0 aromatic heterocycles. The van der Waals surface area contributed by atoms with Gasteiger partial charge in [-0.05, 0) is 48.9 Å². The first-order valence-electron chi connectivity index (χ1n) is 5.24. The monoisotopic (exact) mass is 245 g/mol. The summed E-state index contributed by atoms with van der Waals surface area (Å²) >= 11 is 0. The number of halogens is 2. The Bertz CT molecular complexity index is 632. The summed E-state index contributed by atoms with van der Waals surface area (Å²) in [6, 6.07) is 9.74. The molecule has 0 aliphatic rings. The van der Waals surface area contributed by atoms with Crippen molar-refractivity contribution in [2.24, 2.45) is 0 Å². The van der Waals surface area contributed by atoms with E-state index in [9.17, 15) is 8.78 Å². The Labute approximate surface area is 103 Å². The minimum Gasteiger partial charge on any atom is -0.456 e. The largest absolute Gasteiger partial charge is 0.456 e. The molecule has 2 aromatic rings. The summed E-state index contributed by atoms with van der Waals surface area (Å²) in [6.07, 6.45) is 0. The summed E-state index contributed by atoms with van der Waals surface area (Å²) in [6.45, 7) is 1.61. The predicted molar refractivity (Wildman–Crippen MR) is 62.3 cm³/mol. The van der Waals surface area contributed by atoms with E-state index in [-0.39, 0.29) is 17.1 Å². The Kier molecular flexibility index (Phi) is 3.24. The van der Waals surface area contributed by atoms with Gasteiger partial charge in [-0.15, -0.1) is 0 Å². The fourth-order valence-electron chi connectivity index (χ4n) is 1.49. The van der Waals surface area contributed by atoms with Crippen molar-refractivity contribution in [1.29, 1.82) is 5.26 Å². The summed E-state index contributed by atoms with van der Waals surface area (Å²) in [4.78, 5) is 0. The van der Waals surface area contributed by atoms with Crippen LogP contribution in [-0.4, -0.2) is 0 Å². The van der Waals surface area contributed by atoms with Gasteiger partial charge in [0.05, 0.1) is 5.56 Å². The molecular weight excluding hydrogens is 236 g/mol. The van der Waals surface area contributed by atoms with Gasteiger partial charge in [0.25, 0.3) is 0 Å². The summed E-state index contributed by atoms with van der Waals surface area (Å²) in [5, 5.41) is 8.86. The molecule has 0 unspecified atom stereocenters. The average molecular weight is 245 g/mol. The maximum absolute atomic E-state index is 13.1. The minimum absolute atomic E-state index is 0.0944. The van der Waals surface area contributed by atoms with E-state index in [1.54, 1.807) is 6.92 Å². The molecule has 4 heteroatoms. The number of nitriles is 1. The van der Waals surface area contributed by atoms with Gasteiger partial charge in [-0.1, -0.05) is 0 Å². The number of rotatable bonds is 2. The van der Waals surface area contributed by atoms with Crippen LogP contribution in [0.2, 0.25) is 0 Å². The van der Waals surface area contributed by atoms with Crippen LogP contribution in [-0.2, 0) is 0 Å². The molecule has 0 N–H and O–H groups in total. The molecule has 0 saturated carbocycles. The quantitative estimate of drug-likeness (QED) is 0.802. The Morgan fingerprint density at radius 2 is 1.89 bits per heavy atom. The molecule has 0 heterocycles. The highest BCUT2D eigenvalue weighted by molar-refractivity contribution is 5.45. The highest BCUT2D eigenvalue weighted by Crippen LogP contribution is 2.26. The summed E-state index contributed by atoms with van der Waals surface area (Å²) < 4.78 is 31.4. The van der Waals surface area contributed by atoms with E-state index in [1.165, 1.54) is 30.3 Å². The third-order valence-corrected chi connectivity index (χ3v) is 2.42. The maximum Gasteiger partial charge on any atom is 0.145 e. The third-order valence-electron chi connectivity index (χ3n) is 2.42. The van der Waals surface area contributed by atoms with Gasteiger partial charge in [0.15, 0.2) is 0 Å². The van der Waals surface area contributed by atoms with E-state index in [1.807, 2.05) is 6.07 Å². The third kappa shape index (κ3) is 2.46. The Morgan fingerprint density at radius 1 is 1.11 bits per heavy atom. The Balaban J connectivity index is 2.34. The van der Waals surface area contributed by atoms with Crippen LogP contribution >= 0.6 is 0 Å². The topological polar surface area (TPSA) is 33.0 Å². The molecule has 0 bridgehead atoms. The van der Waals surface area contributed by atoms with Crippen molar-refractivity contribution in [2.45, 2.75) is 6.92 Å². The van der Waals surface area contributed by atoms with Crippen LogP contribution in [0.1, 0.15) is 11.1 Å². The molecule has 0 aliphatic heterocycles. The smallest absolute Gasteiger partial charge is 0.145 e. The zero-order valence-electron chi connectivity index (χ0n) is 9.58. The molecule has 0 radical (unpaired) electrons. The first-order valence-corrected chi connectivity index (χ1v) is 5.24. The van der Waals surface area contributed by atoms with Crippen LogP contribution in [0.4, 0.5) is 8.78 Å². The van der Waals surface area contributed by atoms with E-state index in [4.69, 9.17) is 10.00 Å². The van der Waals surface area contributed by atoms with Crippen LogP contribution < -0.4 is 4.74 Å².